The Bertz CT molecular complexity index is 264. The van der Waals surface area contributed by atoms with Crippen molar-refractivity contribution in [3.63, 3.8) is 0 Å². The molecule has 6 heteroatoms. The van der Waals surface area contributed by atoms with Crippen LogP contribution in [0.3, 0.4) is 0 Å². The van der Waals surface area contributed by atoms with Gasteiger partial charge in [0.1, 0.15) is 0 Å². The van der Waals surface area contributed by atoms with E-state index >= 15 is 0 Å². The van der Waals surface area contributed by atoms with Crippen molar-refractivity contribution in [3.05, 3.63) is 30.3 Å². The summed E-state index contributed by atoms with van der Waals surface area (Å²) in [5.41, 5.74) is 0.00926. The van der Waals surface area contributed by atoms with Gasteiger partial charge in [-0.15, -0.1) is 13.2 Å². The van der Waals surface area contributed by atoms with Crippen LogP contribution in [0.1, 0.15) is 0 Å². The van der Waals surface area contributed by atoms with E-state index in [1.54, 1.807) is 6.07 Å². The van der Waals surface area contributed by atoms with Gasteiger partial charge in [-0.05, 0) is 22.8 Å². The van der Waals surface area contributed by atoms with Crippen molar-refractivity contribution in [1.29, 1.82) is 0 Å². The van der Waals surface area contributed by atoms with Gasteiger partial charge in [-0.3, -0.25) is 0 Å². The lowest BCUT2D eigenvalue weighted by molar-refractivity contribution is -0.114. The molecule has 0 spiro atoms. The summed E-state index contributed by atoms with van der Waals surface area (Å²) in [6, 6.07) is 7.34. The number of alkyl halides is 3. The molecule has 0 amide bonds. The molecule has 0 heterocycles. The van der Waals surface area contributed by atoms with Gasteiger partial charge in [0.2, 0.25) is 0 Å². The van der Waals surface area contributed by atoms with Gasteiger partial charge in [0, 0.05) is 0 Å². The monoisotopic (exact) mass is 227 g/mol. The second-order valence-electron chi connectivity index (χ2n) is 2.17. The quantitative estimate of drug-likeness (QED) is 0.558. The van der Waals surface area contributed by atoms with E-state index in [1.165, 1.54) is 24.3 Å². The number of halogens is 4. The standard InChI is InChI=1S/C7H5ClF3NS/c8-13-12(7(9,10)11)6-4-2-1-3-5-6/h1-5H. The Hall–Kier alpha value is -0.550. The highest BCUT2D eigenvalue weighted by molar-refractivity contribution is 8.22. The fourth-order valence-corrected chi connectivity index (χ4v) is 1.54. The van der Waals surface area contributed by atoms with Crippen LogP contribution in [-0.4, -0.2) is 6.30 Å². The molecule has 1 aromatic carbocycles. The van der Waals surface area contributed by atoms with Crippen molar-refractivity contribution in [1.82, 2.24) is 0 Å². The maximum Gasteiger partial charge on any atom is 0.495 e. The molecule has 0 saturated carbocycles. The van der Waals surface area contributed by atoms with Crippen LogP contribution >= 0.6 is 21.8 Å². The Morgan fingerprint density at radius 2 is 1.69 bits per heavy atom. The molecule has 0 saturated heterocycles. The Kier molecular flexibility index (Phi) is 3.33. The minimum Gasteiger partial charge on any atom is -0.212 e. The Morgan fingerprint density at radius 3 is 2.08 bits per heavy atom. The molecule has 0 aliphatic heterocycles. The molecule has 0 aliphatic carbocycles. The van der Waals surface area contributed by atoms with Gasteiger partial charge in [-0.1, -0.05) is 18.2 Å². The predicted octanol–water partition coefficient (Wildman–Crippen LogP) is 3.81. The first-order valence-electron chi connectivity index (χ1n) is 3.26. The summed E-state index contributed by atoms with van der Waals surface area (Å²) in [7, 11) is 5.11. The molecule has 72 valence electrons. The minimum absolute atomic E-state index is 0.00926. The molecule has 0 fully saturated rings. The first-order chi connectivity index (χ1) is 6.05. The fraction of sp³-hybridized carbons (Fsp3) is 0.143. The maximum absolute atomic E-state index is 12.2. The molecule has 1 nitrogen and oxygen atoms in total. The zero-order valence-electron chi connectivity index (χ0n) is 6.25. The summed E-state index contributed by atoms with van der Waals surface area (Å²) < 4.78 is 36.8. The van der Waals surface area contributed by atoms with Crippen LogP contribution < -0.4 is 4.31 Å². The van der Waals surface area contributed by atoms with E-state index in [9.17, 15) is 13.2 Å². The molecule has 13 heavy (non-hydrogen) atoms. The van der Waals surface area contributed by atoms with Crippen LogP contribution in [0, 0.1) is 0 Å². The Morgan fingerprint density at radius 1 is 1.15 bits per heavy atom. The Balaban J connectivity index is 2.92. The second kappa shape index (κ2) is 4.11. The van der Waals surface area contributed by atoms with Crippen molar-refractivity contribution >= 4 is 27.5 Å². The number of hydrogen-bond acceptors (Lipinski definition) is 2. The normalized spacial score (nSPS) is 11.4. The van der Waals surface area contributed by atoms with E-state index in [-0.39, 0.29) is 21.2 Å². The number of hydrogen-bond donors (Lipinski definition) is 0. The Labute approximate surface area is 82.1 Å². The summed E-state index contributed by atoms with van der Waals surface area (Å²) in [4.78, 5) is 0. The van der Waals surface area contributed by atoms with Crippen LogP contribution in [0.15, 0.2) is 30.3 Å². The molecule has 0 radical (unpaired) electrons. The van der Waals surface area contributed by atoms with Gasteiger partial charge in [-0.25, -0.2) is 4.31 Å². The van der Waals surface area contributed by atoms with Crippen molar-refractivity contribution in [2.45, 2.75) is 6.30 Å². The smallest absolute Gasteiger partial charge is 0.212 e. The zero-order valence-corrected chi connectivity index (χ0v) is 7.83. The van der Waals surface area contributed by atoms with Crippen LogP contribution in [0.25, 0.3) is 0 Å². The molecule has 0 N–H and O–H groups in total. The molecule has 1 rings (SSSR count). The van der Waals surface area contributed by atoms with E-state index in [0.29, 0.717) is 0 Å². The third-order valence-electron chi connectivity index (χ3n) is 1.29. The molecular formula is C7H5ClF3NS. The number of rotatable bonds is 2. The zero-order chi connectivity index (χ0) is 9.90. The van der Waals surface area contributed by atoms with Crippen molar-refractivity contribution in [2.75, 3.05) is 4.31 Å². The van der Waals surface area contributed by atoms with Gasteiger partial charge >= 0.3 is 6.30 Å². The van der Waals surface area contributed by atoms with Crippen molar-refractivity contribution in [2.24, 2.45) is 0 Å². The van der Waals surface area contributed by atoms with Crippen molar-refractivity contribution in [3.8, 4) is 0 Å². The highest BCUT2D eigenvalue weighted by Gasteiger charge is 2.38. The van der Waals surface area contributed by atoms with Gasteiger partial charge in [0.05, 0.1) is 16.8 Å². The average Bonchev–Trinajstić information content (AvgIpc) is 2.05. The van der Waals surface area contributed by atoms with Gasteiger partial charge in [0.25, 0.3) is 0 Å². The lowest BCUT2D eigenvalue weighted by atomic mass is 10.3. The van der Waals surface area contributed by atoms with E-state index in [0.717, 1.165) is 0 Å². The molecule has 0 unspecified atom stereocenters. The summed E-state index contributed by atoms with van der Waals surface area (Å²) in [6.07, 6.45) is -4.46. The average molecular weight is 228 g/mol. The van der Waals surface area contributed by atoms with Crippen molar-refractivity contribution < 1.29 is 13.2 Å². The fourth-order valence-electron chi connectivity index (χ4n) is 0.789. The highest BCUT2D eigenvalue weighted by atomic mass is 35.7. The third kappa shape index (κ3) is 2.70. The summed E-state index contributed by atoms with van der Waals surface area (Å²) >= 11 is 0.111. The maximum atomic E-state index is 12.2. The van der Waals surface area contributed by atoms with E-state index in [1.807, 2.05) is 0 Å². The second-order valence-corrected chi connectivity index (χ2v) is 3.08. The largest absolute Gasteiger partial charge is 0.495 e. The highest BCUT2D eigenvalue weighted by Crippen LogP contribution is 2.36. The SMILES string of the molecule is FC(F)(F)N(SCl)c1ccccc1. The molecule has 0 bridgehead atoms. The van der Waals surface area contributed by atoms with E-state index in [4.69, 9.17) is 10.7 Å². The minimum atomic E-state index is -4.46. The lowest BCUT2D eigenvalue weighted by Crippen LogP contribution is -2.30. The first kappa shape index (κ1) is 10.5. The summed E-state index contributed by atoms with van der Waals surface area (Å²) in [5.74, 6) is 0. The number of nitrogens with zero attached hydrogens (tertiary/aromatic N) is 1. The van der Waals surface area contributed by atoms with Gasteiger partial charge in [-0.2, -0.15) is 0 Å². The van der Waals surface area contributed by atoms with Gasteiger partial charge in [0.15, 0.2) is 0 Å². The summed E-state index contributed by atoms with van der Waals surface area (Å²) in [5, 5.41) is 0. The topological polar surface area (TPSA) is 3.24 Å². The van der Waals surface area contributed by atoms with Gasteiger partial charge < -0.3 is 0 Å². The number of anilines is 1. The number of para-hydroxylation sites is 1. The van der Waals surface area contributed by atoms with E-state index < -0.39 is 6.30 Å². The summed E-state index contributed by atoms with van der Waals surface area (Å²) in [6.45, 7) is 0. The van der Waals surface area contributed by atoms with Crippen LogP contribution in [0.4, 0.5) is 18.9 Å². The molecule has 0 aliphatic rings. The molecule has 1 aromatic rings. The first-order valence-corrected chi connectivity index (χ1v) is 4.86. The lowest BCUT2D eigenvalue weighted by Gasteiger charge is -2.21. The molecule has 0 atom stereocenters. The van der Waals surface area contributed by atoms with Crippen LogP contribution in [0.2, 0.25) is 0 Å². The predicted molar refractivity (Wildman–Crippen MR) is 48.4 cm³/mol. The third-order valence-corrected chi connectivity index (χ3v) is 2.26. The number of benzene rings is 1. The molecular weight excluding hydrogens is 223 g/mol. The van der Waals surface area contributed by atoms with Crippen LogP contribution in [0.5, 0.6) is 0 Å². The van der Waals surface area contributed by atoms with Crippen LogP contribution in [-0.2, 0) is 0 Å². The van der Waals surface area contributed by atoms with E-state index in [2.05, 4.69) is 0 Å². The molecule has 0 aromatic heterocycles.